The first-order valence-corrected chi connectivity index (χ1v) is 5.94. The maximum absolute atomic E-state index is 11.8. The molecule has 0 heterocycles. The smallest absolute Gasteiger partial charge is 0.225 e. The minimum Gasteiger partial charge on any atom is -0.345 e. The van der Waals surface area contributed by atoms with Gasteiger partial charge in [0.25, 0.3) is 0 Å². The minimum atomic E-state index is 0.140. The van der Waals surface area contributed by atoms with E-state index in [1.54, 1.807) is 0 Å². The molecule has 0 aromatic heterocycles. The normalized spacial score (nSPS) is 12.2. The standard InChI is InChI=1S/C14H21NO/c1-4-12(2)14(16)15(3)11-10-13-8-6-5-7-9-13/h5-9,12H,4,10-11H2,1-3H3. The number of nitrogens with zero attached hydrogens (tertiary/aromatic N) is 1. The van der Waals surface area contributed by atoms with Gasteiger partial charge in [-0.1, -0.05) is 44.2 Å². The minimum absolute atomic E-state index is 0.140. The lowest BCUT2D eigenvalue weighted by atomic mass is 10.1. The second-order valence-corrected chi connectivity index (χ2v) is 4.30. The fourth-order valence-electron chi connectivity index (χ4n) is 1.60. The van der Waals surface area contributed by atoms with Crippen LogP contribution in [0.3, 0.4) is 0 Å². The summed E-state index contributed by atoms with van der Waals surface area (Å²) in [5, 5.41) is 0. The SMILES string of the molecule is CCC(C)C(=O)N(C)CCc1ccccc1. The average Bonchev–Trinajstić information content (AvgIpc) is 2.35. The Labute approximate surface area is 98.3 Å². The molecule has 0 aliphatic heterocycles. The molecule has 0 spiro atoms. The maximum Gasteiger partial charge on any atom is 0.225 e. The lowest BCUT2D eigenvalue weighted by molar-refractivity contribution is -0.133. The summed E-state index contributed by atoms with van der Waals surface area (Å²) in [4.78, 5) is 13.7. The molecule has 0 aliphatic rings. The first kappa shape index (κ1) is 12.8. The molecule has 2 nitrogen and oxygen atoms in total. The molecule has 88 valence electrons. The van der Waals surface area contributed by atoms with Crippen LogP contribution in [0, 0.1) is 5.92 Å². The molecule has 0 aliphatic carbocycles. The van der Waals surface area contributed by atoms with E-state index in [0.717, 1.165) is 19.4 Å². The molecular weight excluding hydrogens is 198 g/mol. The van der Waals surface area contributed by atoms with Crippen LogP contribution in [-0.4, -0.2) is 24.4 Å². The third kappa shape index (κ3) is 3.69. The summed E-state index contributed by atoms with van der Waals surface area (Å²) in [7, 11) is 1.89. The maximum atomic E-state index is 11.8. The molecule has 1 aromatic rings. The van der Waals surface area contributed by atoms with E-state index in [2.05, 4.69) is 12.1 Å². The molecule has 1 rings (SSSR count). The molecular formula is C14H21NO. The topological polar surface area (TPSA) is 20.3 Å². The van der Waals surface area contributed by atoms with Gasteiger partial charge in [0.1, 0.15) is 0 Å². The Morgan fingerprint density at radius 3 is 2.50 bits per heavy atom. The summed E-state index contributed by atoms with van der Waals surface area (Å²) < 4.78 is 0. The predicted molar refractivity (Wildman–Crippen MR) is 67.2 cm³/mol. The number of amides is 1. The van der Waals surface area contributed by atoms with Crippen LogP contribution in [0.5, 0.6) is 0 Å². The Hall–Kier alpha value is -1.31. The van der Waals surface area contributed by atoms with Crippen molar-refractivity contribution in [2.45, 2.75) is 26.7 Å². The van der Waals surface area contributed by atoms with Crippen molar-refractivity contribution in [1.82, 2.24) is 4.90 Å². The van der Waals surface area contributed by atoms with Gasteiger partial charge in [0.15, 0.2) is 0 Å². The van der Waals surface area contributed by atoms with Crippen LogP contribution in [0.4, 0.5) is 0 Å². The number of rotatable bonds is 5. The molecule has 0 bridgehead atoms. The number of hydrogen-bond donors (Lipinski definition) is 0. The quantitative estimate of drug-likeness (QED) is 0.745. The van der Waals surface area contributed by atoms with Gasteiger partial charge in [0.2, 0.25) is 5.91 Å². The van der Waals surface area contributed by atoms with E-state index >= 15 is 0 Å². The molecule has 1 amide bonds. The van der Waals surface area contributed by atoms with Crippen molar-refractivity contribution in [3.8, 4) is 0 Å². The molecule has 1 atom stereocenters. The predicted octanol–water partition coefficient (Wildman–Crippen LogP) is 2.73. The lowest BCUT2D eigenvalue weighted by Gasteiger charge is -2.20. The number of carbonyl (C=O) groups is 1. The second-order valence-electron chi connectivity index (χ2n) is 4.30. The van der Waals surface area contributed by atoms with Crippen molar-refractivity contribution >= 4 is 5.91 Å². The van der Waals surface area contributed by atoms with Crippen molar-refractivity contribution in [1.29, 1.82) is 0 Å². The van der Waals surface area contributed by atoms with Crippen molar-refractivity contribution < 1.29 is 4.79 Å². The van der Waals surface area contributed by atoms with Crippen LogP contribution in [0.25, 0.3) is 0 Å². The van der Waals surface area contributed by atoms with Gasteiger partial charge in [-0.15, -0.1) is 0 Å². The van der Waals surface area contributed by atoms with E-state index in [4.69, 9.17) is 0 Å². The Morgan fingerprint density at radius 1 is 1.31 bits per heavy atom. The first-order chi connectivity index (χ1) is 7.65. The Balaban J connectivity index is 2.41. The average molecular weight is 219 g/mol. The van der Waals surface area contributed by atoms with Gasteiger partial charge < -0.3 is 4.90 Å². The van der Waals surface area contributed by atoms with E-state index in [1.807, 2.05) is 44.0 Å². The number of benzene rings is 1. The summed E-state index contributed by atoms with van der Waals surface area (Å²) >= 11 is 0. The second kappa shape index (κ2) is 6.31. The monoisotopic (exact) mass is 219 g/mol. The van der Waals surface area contributed by atoms with Crippen LogP contribution < -0.4 is 0 Å². The molecule has 1 aromatic carbocycles. The van der Waals surface area contributed by atoms with Crippen LogP contribution in [0.15, 0.2) is 30.3 Å². The highest BCUT2D eigenvalue weighted by Gasteiger charge is 2.14. The van der Waals surface area contributed by atoms with Gasteiger partial charge in [-0.05, 0) is 18.4 Å². The van der Waals surface area contributed by atoms with Crippen molar-refractivity contribution in [2.24, 2.45) is 5.92 Å². The lowest BCUT2D eigenvalue weighted by Crippen LogP contribution is -2.33. The summed E-state index contributed by atoms with van der Waals surface area (Å²) in [6.45, 7) is 4.84. The highest BCUT2D eigenvalue weighted by Crippen LogP contribution is 2.06. The van der Waals surface area contributed by atoms with Crippen molar-refractivity contribution in [2.75, 3.05) is 13.6 Å². The third-order valence-electron chi connectivity index (χ3n) is 2.99. The highest BCUT2D eigenvalue weighted by molar-refractivity contribution is 5.78. The van der Waals surface area contributed by atoms with E-state index in [9.17, 15) is 4.79 Å². The molecule has 1 unspecified atom stereocenters. The number of carbonyl (C=O) groups excluding carboxylic acids is 1. The fourth-order valence-corrected chi connectivity index (χ4v) is 1.60. The molecule has 0 fully saturated rings. The summed E-state index contributed by atoms with van der Waals surface area (Å²) in [6.07, 6.45) is 1.84. The van der Waals surface area contributed by atoms with E-state index in [-0.39, 0.29) is 11.8 Å². The van der Waals surface area contributed by atoms with Gasteiger partial charge >= 0.3 is 0 Å². The largest absolute Gasteiger partial charge is 0.345 e. The zero-order chi connectivity index (χ0) is 12.0. The van der Waals surface area contributed by atoms with E-state index in [0.29, 0.717) is 0 Å². The number of likely N-dealkylation sites (N-methyl/N-ethyl adjacent to an activating group) is 1. The van der Waals surface area contributed by atoms with Gasteiger partial charge in [0, 0.05) is 19.5 Å². The van der Waals surface area contributed by atoms with Crippen molar-refractivity contribution in [3.63, 3.8) is 0 Å². The van der Waals surface area contributed by atoms with Gasteiger partial charge in [0.05, 0.1) is 0 Å². The third-order valence-corrected chi connectivity index (χ3v) is 2.99. The van der Waals surface area contributed by atoms with Crippen LogP contribution in [-0.2, 0) is 11.2 Å². The highest BCUT2D eigenvalue weighted by atomic mass is 16.2. The molecule has 2 heteroatoms. The zero-order valence-corrected chi connectivity index (χ0v) is 10.4. The van der Waals surface area contributed by atoms with Crippen molar-refractivity contribution in [3.05, 3.63) is 35.9 Å². The van der Waals surface area contributed by atoms with Gasteiger partial charge in [-0.3, -0.25) is 4.79 Å². The van der Waals surface area contributed by atoms with E-state index in [1.165, 1.54) is 5.56 Å². The van der Waals surface area contributed by atoms with Crippen LogP contribution >= 0.6 is 0 Å². The fraction of sp³-hybridized carbons (Fsp3) is 0.500. The molecule has 0 N–H and O–H groups in total. The summed E-state index contributed by atoms with van der Waals surface area (Å²) in [6, 6.07) is 10.3. The van der Waals surface area contributed by atoms with E-state index < -0.39 is 0 Å². The van der Waals surface area contributed by atoms with Crippen LogP contribution in [0.1, 0.15) is 25.8 Å². The molecule has 0 saturated heterocycles. The first-order valence-electron chi connectivity index (χ1n) is 5.94. The summed E-state index contributed by atoms with van der Waals surface area (Å²) in [5.74, 6) is 0.388. The van der Waals surface area contributed by atoms with Crippen LogP contribution in [0.2, 0.25) is 0 Å². The molecule has 16 heavy (non-hydrogen) atoms. The Kier molecular flexibility index (Phi) is 5.03. The summed E-state index contributed by atoms with van der Waals surface area (Å²) in [5.41, 5.74) is 1.28. The Bertz CT molecular complexity index is 321. The van der Waals surface area contributed by atoms with Gasteiger partial charge in [-0.2, -0.15) is 0 Å². The molecule has 0 radical (unpaired) electrons. The molecule has 0 saturated carbocycles. The zero-order valence-electron chi connectivity index (χ0n) is 10.4. The van der Waals surface area contributed by atoms with Gasteiger partial charge in [-0.25, -0.2) is 0 Å². The Morgan fingerprint density at radius 2 is 1.94 bits per heavy atom. The number of hydrogen-bond acceptors (Lipinski definition) is 1.